The summed E-state index contributed by atoms with van der Waals surface area (Å²) >= 11 is 8.18. The lowest BCUT2D eigenvalue weighted by Gasteiger charge is -2.09. The Bertz CT molecular complexity index is 747. The van der Waals surface area contributed by atoms with Gasteiger partial charge >= 0.3 is 11.8 Å². The van der Waals surface area contributed by atoms with Crippen LogP contribution in [-0.2, 0) is 9.59 Å². The Kier molecular flexibility index (Phi) is 5.42. The molecule has 0 aliphatic carbocycles. The minimum atomic E-state index is -0.738. The van der Waals surface area contributed by atoms with Gasteiger partial charge in [-0.25, -0.2) is 0 Å². The van der Waals surface area contributed by atoms with Gasteiger partial charge in [-0.3, -0.25) is 9.59 Å². The van der Waals surface area contributed by atoms with Crippen LogP contribution in [0.25, 0.3) is 0 Å². The fourth-order valence-corrected chi connectivity index (χ4v) is 2.63. The SMILES string of the molecule is Cc1ccc(NC(=O)C(=O)Nc2ccc(I)cc2C)cc1Cl. The number of aryl methyl sites for hydroxylation is 2. The predicted octanol–water partition coefficient (Wildman–Crippen LogP) is 4.14. The Morgan fingerprint density at radius 2 is 1.64 bits per heavy atom. The van der Waals surface area contributed by atoms with E-state index in [2.05, 4.69) is 33.2 Å². The van der Waals surface area contributed by atoms with Crippen molar-refractivity contribution in [3.63, 3.8) is 0 Å². The molecule has 0 fully saturated rings. The first kappa shape index (κ1) is 16.8. The molecular weight excluding hydrogens is 415 g/mol. The van der Waals surface area contributed by atoms with Crippen LogP contribution in [0.5, 0.6) is 0 Å². The third kappa shape index (κ3) is 4.20. The monoisotopic (exact) mass is 428 g/mol. The smallest absolute Gasteiger partial charge is 0.314 e. The van der Waals surface area contributed by atoms with Crippen molar-refractivity contribution in [3.8, 4) is 0 Å². The number of benzene rings is 2. The summed E-state index contributed by atoms with van der Waals surface area (Å²) in [5.41, 5.74) is 2.89. The summed E-state index contributed by atoms with van der Waals surface area (Å²) < 4.78 is 1.06. The highest BCUT2D eigenvalue weighted by Gasteiger charge is 2.15. The van der Waals surface area contributed by atoms with Crippen molar-refractivity contribution in [2.45, 2.75) is 13.8 Å². The van der Waals surface area contributed by atoms with Gasteiger partial charge in [-0.05, 0) is 77.9 Å². The molecule has 114 valence electrons. The van der Waals surface area contributed by atoms with E-state index in [9.17, 15) is 9.59 Å². The molecule has 0 aliphatic rings. The molecule has 2 rings (SSSR count). The van der Waals surface area contributed by atoms with E-state index in [4.69, 9.17) is 11.6 Å². The molecule has 2 amide bonds. The summed E-state index contributed by atoms with van der Waals surface area (Å²) in [5, 5.41) is 5.65. The van der Waals surface area contributed by atoms with Crippen molar-refractivity contribution in [1.29, 1.82) is 0 Å². The van der Waals surface area contributed by atoms with E-state index in [1.54, 1.807) is 24.3 Å². The average Bonchev–Trinajstić information content (AvgIpc) is 2.45. The summed E-state index contributed by atoms with van der Waals surface area (Å²) in [7, 11) is 0. The molecular formula is C16H14ClIN2O2. The van der Waals surface area contributed by atoms with Crippen molar-refractivity contribution >= 4 is 57.4 Å². The maximum Gasteiger partial charge on any atom is 0.314 e. The molecule has 2 N–H and O–H groups in total. The zero-order valence-corrected chi connectivity index (χ0v) is 14.9. The van der Waals surface area contributed by atoms with Crippen LogP contribution in [0.1, 0.15) is 11.1 Å². The van der Waals surface area contributed by atoms with Crippen LogP contribution in [0.4, 0.5) is 11.4 Å². The summed E-state index contributed by atoms with van der Waals surface area (Å²) in [6.07, 6.45) is 0. The number of halogens is 2. The molecule has 6 heteroatoms. The van der Waals surface area contributed by atoms with Gasteiger partial charge in [0.25, 0.3) is 0 Å². The van der Waals surface area contributed by atoms with Gasteiger partial charge < -0.3 is 10.6 Å². The fraction of sp³-hybridized carbons (Fsp3) is 0.125. The van der Waals surface area contributed by atoms with Crippen molar-refractivity contribution in [3.05, 3.63) is 56.1 Å². The molecule has 0 saturated heterocycles. The van der Waals surface area contributed by atoms with Gasteiger partial charge in [-0.2, -0.15) is 0 Å². The Hall–Kier alpha value is -1.60. The number of carbonyl (C=O) groups excluding carboxylic acids is 2. The Balaban J connectivity index is 2.05. The molecule has 0 heterocycles. The van der Waals surface area contributed by atoms with Crippen molar-refractivity contribution < 1.29 is 9.59 Å². The number of rotatable bonds is 2. The van der Waals surface area contributed by atoms with E-state index in [0.29, 0.717) is 16.4 Å². The zero-order chi connectivity index (χ0) is 16.3. The van der Waals surface area contributed by atoms with E-state index in [1.807, 2.05) is 26.0 Å². The first-order valence-electron chi connectivity index (χ1n) is 6.51. The van der Waals surface area contributed by atoms with E-state index in [-0.39, 0.29) is 0 Å². The lowest BCUT2D eigenvalue weighted by Crippen LogP contribution is -2.29. The molecule has 0 radical (unpaired) electrons. The zero-order valence-electron chi connectivity index (χ0n) is 12.0. The summed E-state index contributed by atoms with van der Waals surface area (Å²) in [5.74, 6) is -1.46. The van der Waals surface area contributed by atoms with Crippen LogP contribution < -0.4 is 10.6 Å². The topological polar surface area (TPSA) is 58.2 Å². The van der Waals surface area contributed by atoms with Gasteiger partial charge in [0.15, 0.2) is 0 Å². The van der Waals surface area contributed by atoms with Crippen LogP contribution in [0.3, 0.4) is 0 Å². The maximum atomic E-state index is 11.9. The van der Waals surface area contributed by atoms with Gasteiger partial charge in [0.2, 0.25) is 0 Å². The first-order valence-corrected chi connectivity index (χ1v) is 7.97. The molecule has 2 aromatic rings. The van der Waals surface area contributed by atoms with E-state index in [1.165, 1.54) is 0 Å². The average molecular weight is 429 g/mol. The van der Waals surface area contributed by atoms with Crippen LogP contribution >= 0.6 is 34.2 Å². The first-order chi connectivity index (χ1) is 10.4. The highest BCUT2D eigenvalue weighted by molar-refractivity contribution is 14.1. The van der Waals surface area contributed by atoms with Crippen LogP contribution in [-0.4, -0.2) is 11.8 Å². The number of carbonyl (C=O) groups is 2. The van der Waals surface area contributed by atoms with E-state index >= 15 is 0 Å². The largest absolute Gasteiger partial charge is 0.318 e. The van der Waals surface area contributed by atoms with Crippen LogP contribution in [0, 0.1) is 17.4 Å². The molecule has 0 unspecified atom stereocenters. The van der Waals surface area contributed by atoms with Crippen LogP contribution in [0.15, 0.2) is 36.4 Å². The Morgan fingerprint density at radius 3 is 2.27 bits per heavy atom. The number of hydrogen-bond acceptors (Lipinski definition) is 2. The second-order valence-corrected chi connectivity index (χ2v) is 6.48. The van der Waals surface area contributed by atoms with Gasteiger partial charge in [0, 0.05) is 20.0 Å². The molecule has 22 heavy (non-hydrogen) atoms. The fourth-order valence-electron chi connectivity index (χ4n) is 1.80. The van der Waals surface area contributed by atoms with E-state index in [0.717, 1.165) is 14.7 Å². The van der Waals surface area contributed by atoms with Gasteiger partial charge in [-0.15, -0.1) is 0 Å². The van der Waals surface area contributed by atoms with Crippen molar-refractivity contribution in [2.75, 3.05) is 10.6 Å². The second-order valence-electron chi connectivity index (χ2n) is 4.83. The maximum absolute atomic E-state index is 11.9. The summed E-state index contributed by atoms with van der Waals surface area (Å²) in [6, 6.07) is 10.6. The highest BCUT2D eigenvalue weighted by atomic mass is 127. The van der Waals surface area contributed by atoms with Gasteiger partial charge in [-0.1, -0.05) is 17.7 Å². The van der Waals surface area contributed by atoms with Crippen molar-refractivity contribution in [2.24, 2.45) is 0 Å². The molecule has 0 atom stereocenters. The minimum Gasteiger partial charge on any atom is -0.318 e. The Labute approximate surface area is 147 Å². The van der Waals surface area contributed by atoms with E-state index < -0.39 is 11.8 Å². The molecule has 2 aromatic carbocycles. The molecule has 0 aromatic heterocycles. The lowest BCUT2D eigenvalue weighted by molar-refractivity contribution is -0.133. The van der Waals surface area contributed by atoms with Crippen molar-refractivity contribution in [1.82, 2.24) is 0 Å². The Morgan fingerprint density at radius 1 is 0.955 bits per heavy atom. The standard InChI is InChI=1S/C16H14ClIN2O2/c1-9-3-5-12(8-13(9)17)19-15(21)16(22)20-14-6-4-11(18)7-10(14)2/h3-8H,1-2H3,(H,19,21)(H,20,22). The van der Waals surface area contributed by atoms with Gasteiger partial charge in [0.05, 0.1) is 0 Å². The quantitative estimate of drug-likeness (QED) is 0.558. The number of hydrogen-bond donors (Lipinski definition) is 2. The number of amides is 2. The third-order valence-corrected chi connectivity index (χ3v) is 4.15. The molecule has 0 spiro atoms. The molecule has 0 aliphatic heterocycles. The minimum absolute atomic E-state index is 0.482. The number of nitrogens with one attached hydrogen (secondary N) is 2. The highest BCUT2D eigenvalue weighted by Crippen LogP contribution is 2.20. The third-order valence-electron chi connectivity index (χ3n) is 3.07. The molecule has 0 saturated carbocycles. The summed E-state index contributed by atoms with van der Waals surface area (Å²) in [4.78, 5) is 23.9. The summed E-state index contributed by atoms with van der Waals surface area (Å²) in [6.45, 7) is 3.73. The number of anilines is 2. The normalized spacial score (nSPS) is 10.2. The van der Waals surface area contributed by atoms with Gasteiger partial charge in [0.1, 0.15) is 0 Å². The van der Waals surface area contributed by atoms with Crippen LogP contribution in [0.2, 0.25) is 5.02 Å². The predicted molar refractivity (Wildman–Crippen MR) is 97.3 cm³/mol. The second kappa shape index (κ2) is 7.11. The lowest BCUT2D eigenvalue weighted by atomic mass is 10.2. The molecule has 0 bridgehead atoms. The molecule has 4 nitrogen and oxygen atoms in total.